The molecule has 0 aliphatic carbocycles. The quantitative estimate of drug-likeness (QED) is 0.686. The van der Waals surface area contributed by atoms with Gasteiger partial charge in [-0.3, -0.25) is 9.59 Å². The molecule has 0 heterocycles. The Hall–Kier alpha value is -3.47. The molecule has 5 heteroatoms. The second kappa shape index (κ2) is 8.76. The molecule has 3 aromatic rings. The summed E-state index contributed by atoms with van der Waals surface area (Å²) in [5.74, 6) is -1.17. The standard InChI is InChI=1S/C22H19FN2O2/c23-18-13-7-8-14-19(18)24-21(26)15-20(16-9-3-1-4-10-16)25-22(27)17-11-5-2-6-12-17/h1-14,20H,15H2,(H,24,26)(H,25,27)/t20-/m1/s1. The molecule has 0 unspecified atom stereocenters. The maximum absolute atomic E-state index is 13.8. The maximum atomic E-state index is 13.8. The SMILES string of the molecule is O=C(C[C@@H](NC(=O)c1ccccc1)c1ccccc1)Nc1ccccc1F. The van der Waals surface area contributed by atoms with Gasteiger partial charge in [0.1, 0.15) is 5.82 Å². The largest absolute Gasteiger partial charge is 0.345 e. The number of carbonyl (C=O) groups excluding carboxylic acids is 2. The number of halogens is 1. The van der Waals surface area contributed by atoms with Crippen molar-refractivity contribution in [1.82, 2.24) is 5.32 Å². The summed E-state index contributed by atoms with van der Waals surface area (Å²) in [5.41, 5.74) is 1.42. The van der Waals surface area contributed by atoms with Crippen molar-refractivity contribution < 1.29 is 14.0 Å². The summed E-state index contributed by atoms with van der Waals surface area (Å²) in [5, 5.41) is 5.45. The minimum absolute atomic E-state index is 0.0169. The summed E-state index contributed by atoms with van der Waals surface area (Å²) in [6.45, 7) is 0. The summed E-state index contributed by atoms with van der Waals surface area (Å²) >= 11 is 0. The van der Waals surface area contributed by atoms with Crippen LogP contribution in [-0.4, -0.2) is 11.8 Å². The number of anilines is 1. The van der Waals surface area contributed by atoms with E-state index >= 15 is 0 Å². The lowest BCUT2D eigenvalue weighted by Gasteiger charge is -2.19. The van der Waals surface area contributed by atoms with E-state index in [-0.39, 0.29) is 23.9 Å². The third kappa shape index (κ3) is 5.01. The predicted octanol–water partition coefficient (Wildman–Crippen LogP) is 4.33. The van der Waals surface area contributed by atoms with Crippen LogP contribution in [0.25, 0.3) is 0 Å². The van der Waals surface area contributed by atoms with Crippen LogP contribution in [0.4, 0.5) is 10.1 Å². The lowest BCUT2D eigenvalue weighted by atomic mass is 10.0. The molecule has 0 bridgehead atoms. The molecule has 3 rings (SSSR count). The molecule has 1 atom stereocenters. The molecule has 0 spiro atoms. The van der Waals surface area contributed by atoms with E-state index in [1.54, 1.807) is 36.4 Å². The number of amides is 2. The number of carbonyl (C=O) groups is 2. The van der Waals surface area contributed by atoms with Gasteiger partial charge in [-0.15, -0.1) is 0 Å². The van der Waals surface area contributed by atoms with Crippen molar-refractivity contribution in [2.45, 2.75) is 12.5 Å². The Kier molecular flexibility index (Phi) is 5.94. The van der Waals surface area contributed by atoms with Gasteiger partial charge in [-0.05, 0) is 29.8 Å². The van der Waals surface area contributed by atoms with Gasteiger partial charge >= 0.3 is 0 Å². The highest BCUT2D eigenvalue weighted by molar-refractivity contribution is 5.95. The fraction of sp³-hybridized carbons (Fsp3) is 0.0909. The number of hydrogen-bond acceptors (Lipinski definition) is 2. The minimum atomic E-state index is -0.536. The molecule has 2 N–H and O–H groups in total. The third-order valence-electron chi connectivity index (χ3n) is 4.08. The van der Waals surface area contributed by atoms with Gasteiger partial charge in [0.15, 0.2) is 0 Å². The molecule has 0 radical (unpaired) electrons. The lowest BCUT2D eigenvalue weighted by Crippen LogP contribution is -2.31. The predicted molar refractivity (Wildman–Crippen MR) is 103 cm³/mol. The van der Waals surface area contributed by atoms with E-state index in [1.165, 1.54) is 12.1 Å². The van der Waals surface area contributed by atoms with Crippen LogP contribution in [0.3, 0.4) is 0 Å². The highest BCUT2D eigenvalue weighted by atomic mass is 19.1. The normalized spacial score (nSPS) is 11.4. The molecule has 2 amide bonds. The van der Waals surface area contributed by atoms with E-state index in [9.17, 15) is 14.0 Å². The number of benzene rings is 3. The number of nitrogens with one attached hydrogen (secondary N) is 2. The molecule has 136 valence electrons. The monoisotopic (exact) mass is 362 g/mol. The van der Waals surface area contributed by atoms with Gasteiger partial charge in [-0.25, -0.2) is 4.39 Å². The smallest absolute Gasteiger partial charge is 0.251 e. The first-order chi connectivity index (χ1) is 13.1. The molecule has 4 nitrogen and oxygen atoms in total. The van der Waals surface area contributed by atoms with Crippen LogP contribution in [-0.2, 0) is 4.79 Å². The van der Waals surface area contributed by atoms with Crippen molar-refractivity contribution in [2.24, 2.45) is 0 Å². The summed E-state index contributed by atoms with van der Waals surface area (Å²) < 4.78 is 13.8. The van der Waals surface area contributed by atoms with Crippen molar-refractivity contribution >= 4 is 17.5 Å². The molecule has 3 aromatic carbocycles. The van der Waals surface area contributed by atoms with Gasteiger partial charge in [-0.2, -0.15) is 0 Å². The minimum Gasteiger partial charge on any atom is -0.345 e. The molecule has 27 heavy (non-hydrogen) atoms. The average molecular weight is 362 g/mol. The van der Waals surface area contributed by atoms with Crippen LogP contribution in [0, 0.1) is 5.82 Å². The Labute approximate surface area is 157 Å². The van der Waals surface area contributed by atoms with Crippen molar-refractivity contribution in [3.05, 3.63) is 102 Å². The van der Waals surface area contributed by atoms with E-state index in [1.807, 2.05) is 36.4 Å². The summed E-state index contributed by atoms with van der Waals surface area (Å²) in [6.07, 6.45) is -0.0169. The Morgan fingerprint density at radius 3 is 2.07 bits per heavy atom. The van der Waals surface area contributed by atoms with Gasteiger partial charge in [0.2, 0.25) is 5.91 Å². The van der Waals surface area contributed by atoms with Gasteiger partial charge in [0.25, 0.3) is 5.91 Å². The fourth-order valence-electron chi connectivity index (χ4n) is 2.72. The van der Waals surface area contributed by atoms with Crippen molar-refractivity contribution in [3.8, 4) is 0 Å². The van der Waals surface area contributed by atoms with Crippen molar-refractivity contribution in [1.29, 1.82) is 0 Å². The van der Waals surface area contributed by atoms with Crippen LogP contribution < -0.4 is 10.6 Å². The molecule has 0 fully saturated rings. The first kappa shape index (κ1) is 18.3. The third-order valence-corrected chi connectivity index (χ3v) is 4.08. The number of hydrogen-bond donors (Lipinski definition) is 2. The van der Waals surface area contributed by atoms with Crippen molar-refractivity contribution in [3.63, 3.8) is 0 Å². The molecule has 0 aliphatic rings. The summed E-state index contributed by atoms with van der Waals surface area (Å²) in [7, 11) is 0. The van der Waals surface area contributed by atoms with E-state index < -0.39 is 11.9 Å². The molecular formula is C22H19FN2O2. The fourth-order valence-corrected chi connectivity index (χ4v) is 2.72. The Bertz CT molecular complexity index is 914. The molecular weight excluding hydrogens is 343 g/mol. The number of rotatable bonds is 6. The van der Waals surface area contributed by atoms with E-state index in [0.717, 1.165) is 5.56 Å². The zero-order valence-corrected chi connectivity index (χ0v) is 14.6. The van der Waals surface area contributed by atoms with Gasteiger partial charge in [0, 0.05) is 5.56 Å². The average Bonchev–Trinajstić information content (AvgIpc) is 2.70. The van der Waals surface area contributed by atoms with Crippen LogP contribution in [0.2, 0.25) is 0 Å². The van der Waals surface area contributed by atoms with Crippen LogP contribution in [0.1, 0.15) is 28.4 Å². The highest BCUT2D eigenvalue weighted by Crippen LogP contribution is 2.20. The summed E-state index contributed by atoms with van der Waals surface area (Å²) in [6, 6.07) is 23.4. The summed E-state index contributed by atoms with van der Waals surface area (Å²) in [4.78, 5) is 25.0. The second-order valence-electron chi connectivity index (χ2n) is 6.03. The van der Waals surface area contributed by atoms with E-state index in [0.29, 0.717) is 5.56 Å². The van der Waals surface area contributed by atoms with Gasteiger partial charge in [0.05, 0.1) is 18.2 Å². The van der Waals surface area contributed by atoms with Crippen LogP contribution in [0.15, 0.2) is 84.9 Å². The zero-order chi connectivity index (χ0) is 19.1. The number of para-hydroxylation sites is 1. The first-order valence-corrected chi connectivity index (χ1v) is 8.59. The van der Waals surface area contributed by atoms with Crippen LogP contribution in [0.5, 0.6) is 0 Å². The van der Waals surface area contributed by atoms with E-state index in [2.05, 4.69) is 10.6 Å². The second-order valence-corrected chi connectivity index (χ2v) is 6.03. The first-order valence-electron chi connectivity index (χ1n) is 8.59. The Balaban J connectivity index is 1.75. The molecule has 0 saturated carbocycles. The molecule has 0 saturated heterocycles. The zero-order valence-electron chi connectivity index (χ0n) is 14.6. The highest BCUT2D eigenvalue weighted by Gasteiger charge is 2.19. The van der Waals surface area contributed by atoms with Crippen LogP contribution >= 0.6 is 0 Å². The Morgan fingerprint density at radius 2 is 1.41 bits per heavy atom. The topological polar surface area (TPSA) is 58.2 Å². The van der Waals surface area contributed by atoms with Gasteiger partial charge < -0.3 is 10.6 Å². The van der Waals surface area contributed by atoms with E-state index in [4.69, 9.17) is 0 Å². The Morgan fingerprint density at radius 1 is 0.815 bits per heavy atom. The van der Waals surface area contributed by atoms with Gasteiger partial charge in [-0.1, -0.05) is 60.7 Å². The molecule has 0 aromatic heterocycles. The maximum Gasteiger partial charge on any atom is 0.251 e. The van der Waals surface area contributed by atoms with Crippen molar-refractivity contribution in [2.75, 3.05) is 5.32 Å². The lowest BCUT2D eigenvalue weighted by molar-refractivity contribution is -0.116. The molecule has 0 aliphatic heterocycles.